The summed E-state index contributed by atoms with van der Waals surface area (Å²) in [5, 5.41) is 8.18. The zero-order valence-electron chi connectivity index (χ0n) is 9.29. The first-order chi connectivity index (χ1) is 8.82. The molecule has 0 heterocycles. The summed E-state index contributed by atoms with van der Waals surface area (Å²) in [6, 6.07) is 7.55. The van der Waals surface area contributed by atoms with Crippen molar-refractivity contribution in [1.29, 1.82) is 0 Å². The maximum Gasteiger partial charge on any atom is 0.228 e. The summed E-state index contributed by atoms with van der Waals surface area (Å²) in [7, 11) is 0. The van der Waals surface area contributed by atoms with Gasteiger partial charge in [0, 0.05) is 9.26 Å². The monoisotopic (exact) mass is 451 g/mol. The highest BCUT2D eigenvalue weighted by atomic mass is 127. The number of carbonyl (C=O) groups is 1. The molecule has 0 saturated heterocycles. The lowest BCUT2D eigenvalue weighted by Crippen LogP contribution is -2.53. The summed E-state index contributed by atoms with van der Waals surface area (Å²) in [4.78, 5) is 10.4. The minimum absolute atomic E-state index is 0.229. The van der Waals surface area contributed by atoms with E-state index in [0.29, 0.717) is 6.41 Å². The predicted octanol–water partition coefficient (Wildman–Crippen LogP) is 3.02. The van der Waals surface area contributed by atoms with Gasteiger partial charge in [-0.3, -0.25) is 4.79 Å². The van der Waals surface area contributed by atoms with E-state index in [-0.39, 0.29) is 5.11 Å². The molecule has 1 rings (SSSR count). The molecule has 0 radical (unpaired) electrons. The average Bonchev–Trinajstić information content (AvgIpc) is 2.30. The fourth-order valence-electron chi connectivity index (χ4n) is 1.12. The number of amides is 1. The van der Waals surface area contributed by atoms with Crippen LogP contribution in [-0.4, -0.2) is 21.5 Å². The Balaban J connectivity index is 2.62. The van der Waals surface area contributed by atoms with Crippen LogP contribution in [0.25, 0.3) is 0 Å². The van der Waals surface area contributed by atoms with Gasteiger partial charge in [-0.2, -0.15) is 0 Å². The summed E-state index contributed by atoms with van der Waals surface area (Å²) < 4.78 is -0.623. The third kappa shape index (κ3) is 6.31. The second-order valence-corrected chi connectivity index (χ2v) is 7.39. The van der Waals surface area contributed by atoms with Crippen molar-refractivity contribution in [2.45, 2.75) is 9.96 Å². The lowest BCUT2D eigenvalue weighted by Gasteiger charge is -2.26. The van der Waals surface area contributed by atoms with Crippen LogP contribution in [0.15, 0.2) is 24.3 Å². The summed E-state index contributed by atoms with van der Waals surface area (Å²) in [5.41, 5.74) is 0.784. The van der Waals surface area contributed by atoms with Crippen LogP contribution in [0.1, 0.15) is 0 Å². The molecule has 9 heteroatoms. The van der Waals surface area contributed by atoms with Crippen molar-refractivity contribution in [3.63, 3.8) is 0 Å². The Bertz CT molecular complexity index is 452. The highest BCUT2D eigenvalue weighted by Crippen LogP contribution is 2.28. The number of hydrogen-bond donors (Lipinski definition) is 3. The van der Waals surface area contributed by atoms with Gasteiger partial charge in [-0.25, -0.2) is 0 Å². The lowest BCUT2D eigenvalue weighted by molar-refractivity contribution is -0.110. The van der Waals surface area contributed by atoms with Crippen LogP contribution in [0.2, 0.25) is 0 Å². The standard InChI is InChI=1S/C10H9Cl3IN3OS/c11-10(12,13)8(15-5-18)17-9(19)16-7-3-1-6(14)2-4-7/h1-5,8H,(H,15,18)(H2,16,17,19)/t8-/m1/s1. The SMILES string of the molecule is O=CN[C@H](NC(=S)Nc1ccc(I)cc1)C(Cl)(Cl)Cl. The molecule has 1 aromatic rings. The van der Waals surface area contributed by atoms with Gasteiger partial charge in [-0.05, 0) is 59.1 Å². The second kappa shape index (κ2) is 7.68. The number of nitrogens with one attached hydrogen (secondary N) is 3. The Labute approximate surface area is 144 Å². The topological polar surface area (TPSA) is 53.2 Å². The van der Waals surface area contributed by atoms with Gasteiger partial charge < -0.3 is 16.0 Å². The van der Waals surface area contributed by atoms with Crippen molar-refractivity contribution in [3.05, 3.63) is 27.8 Å². The first-order valence-corrected chi connectivity index (χ1v) is 7.54. The van der Waals surface area contributed by atoms with Gasteiger partial charge in [-0.1, -0.05) is 34.8 Å². The number of anilines is 1. The molecular weight excluding hydrogens is 443 g/mol. The fourth-order valence-corrected chi connectivity index (χ4v) is 2.07. The summed E-state index contributed by atoms with van der Waals surface area (Å²) in [5.74, 6) is 0. The molecule has 0 aliphatic rings. The van der Waals surface area contributed by atoms with Crippen molar-refractivity contribution in [1.82, 2.24) is 10.6 Å². The zero-order valence-corrected chi connectivity index (χ0v) is 14.5. The first-order valence-electron chi connectivity index (χ1n) is 4.92. The van der Waals surface area contributed by atoms with Crippen molar-refractivity contribution >= 4 is 86.8 Å². The van der Waals surface area contributed by atoms with E-state index in [1.807, 2.05) is 24.3 Å². The van der Waals surface area contributed by atoms with Gasteiger partial charge >= 0.3 is 0 Å². The quantitative estimate of drug-likeness (QED) is 0.216. The molecule has 0 saturated carbocycles. The van der Waals surface area contributed by atoms with E-state index in [1.54, 1.807) is 0 Å². The van der Waals surface area contributed by atoms with E-state index in [4.69, 9.17) is 47.0 Å². The minimum Gasteiger partial charge on any atom is -0.339 e. The van der Waals surface area contributed by atoms with Crippen LogP contribution < -0.4 is 16.0 Å². The highest BCUT2D eigenvalue weighted by molar-refractivity contribution is 14.1. The van der Waals surface area contributed by atoms with Gasteiger partial charge in [0.2, 0.25) is 10.2 Å². The number of rotatable bonds is 4. The number of thiocarbonyl (C=S) groups is 1. The molecule has 1 aromatic carbocycles. The maximum absolute atomic E-state index is 10.4. The van der Waals surface area contributed by atoms with E-state index >= 15 is 0 Å². The fraction of sp³-hybridized carbons (Fsp3) is 0.200. The lowest BCUT2D eigenvalue weighted by atomic mass is 10.3. The molecule has 104 valence electrons. The number of alkyl halides is 3. The number of benzene rings is 1. The predicted molar refractivity (Wildman–Crippen MR) is 91.8 cm³/mol. The normalized spacial score (nSPS) is 12.4. The first kappa shape index (κ1) is 17.0. The average molecular weight is 453 g/mol. The van der Waals surface area contributed by atoms with Gasteiger partial charge in [-0.15, -0.1) is 0 Å². The maximum atomic E-state index is 10.4. The third-order valence-electron chi connectivity index (χ3n) is 1.94. The van der Waals surface area contributed by atoms with Crippen LogP contribution in [0.4, 0.5) is 5.69 Å². The molecule has 0 aromatic heterocycles. The minimum atomic E-state index is -1.72. The Kier molecular flexibility index (Phi) is 6.89. The zero-order chi connectivity index (χ0) is 14.5. The molecule has 4 nitrogen and oxygen atoms in total. The molecule has 0 fully saturated rings. The second-order valence-electron chi connectivity index (χ2n) is 3.36. The summed E-state index contributed by atoms with van der Waals surface area (Å²) in [6.07, 6.45) is -0.508. The van der Waals surface area contributed by atoms with Crippen LogP contribution >= 0.6 is 69.6 Å². The molecule has 0 bridgehead atoms. The Morgan fingerprint density at radius 1 is 1.32 bits per heavy atom. The van der Waals surface area contributed by atoms with E-state index < -0.39 is 9.96 Å². The van der Waals surface area contributed by atoms with Gasteiger partial charge in [0.05, 0.1) is 0 Å². The molecule has 0 spiro atoms. The molecule has 1 amide bonds. The smallest absolute Gasteiger partial charge is 0.228 e. The van der Waals surface area contributed by atoms with Gasteiger partial charge in [0.1, 0.15) is 6.17 Å². The van der Waals surface area contributed by atoms with E-state index in [2.05, 4.69) is 38.5 Å². The van der Waals surface area contributed by atoms with Crippen molar-refractivity contribution in [2.24, 2.45) is 0 Å². The van der Waals surface area contributed by atoms with Crippen molar-refractivity contribution < 1.29 is 4.79 Å². The van der Waals surface area contributed by atoms with E-state index in [9.17, 15) is 4.79 Å². The molecule has 0 unspecified atom stereocenters. The summed E-state index contributed by atoms with van der Waals surface area (Å²) >= 11 is 24.4. The van der Waals surface area contributed by atoms with Crippen LogP contribution in [0, 0.1) is 3.57 Å². The largest absolute Gasteiger partial charge is 0.339 e. The number of hydrogen-bond acceptors (Lipinski definition) is 2. The number of carbonyl (C=O) groups excluding carboxylic acids is 1. The highest BCUT2D eigenvalue weighted by Gasteiger charge is 2.32. The molecule has 1 atom stereocenters. The molecule has 3 N–H and O–H groups in total. The van der Waals surface area contributed by atoms with Crippen LogP contribution in [0.3, 0.4) is 0 Å². The molecular formula is C10H9Cl3IN3OS. The van der Waals surface area contributed by atoms with Gasteiger partial charge in [0.25, 0.3) is 0 Å². The van der Waals surface area contributed by atoms with E-state index in [1.165, 1.54) is 0 Å². The Morgan fingerprint density at radius 2 is 1.89 bits per heavy atom. The Morgan fingerprint density at radius 3 is 2.37 bits per heavy atom. The van der Waals surface area contributed by atoms with E-state index in [0.717, 1.165) is 9.26 Å². The number of halogens is 4. The Hall–Kier alpha value is -0.0200. The molecule has 0 aliphatic carbocycles. The van der Waals surface area contributed by atoms with Gasteiger partial charge in [0.15, 0.2) is 5.11 Å². The molecule has 0 aliphatic heterocycles. The van der Waals surface area contributed by atoms with Crippen molar-refractivity contribution in [3.8, 4) is 0 Å². The molecule has 19 heavy (non-hydrogen) atoms. The van der Waals surface area contributed by atoms with Crippen molar-refractivity contribution in [2.75, 3.05) is 5.32 Å². The van der Waals surface area contributed by atoms with Crippen LogP contribution in [-0.2, 0) is 4.79 Å². The third-order valence-corrected chi connectivity index (χ3v) is 3.53. The summed E-state index contributed by atoms with van der Waals surface area (Å²) in [6.45, 7) is 0. The van der Waals surface area contributed by atoms with Crippen LogP contribution in [0.5, 0.6) is 0 Å².